The summed E-state index contributed by atoms with van der Waals surface area (Å²) in [6, 6.07) is 11.1. The Bertz CT molecular complexity index is 991. The van der Waals surface area contributed by atoms with E-state index in [1.165, 1.54) is 6.39 Å². The van der Waals surface area contributed by atoms with Crippen molar-refractivity contribution in [2.24, 2.45) is 0 Å². The van der Waals surface area contributed by atoms with Crippen molar-refractivity contribution in [3.05, 3.63) is 67.7 Å². The van der Waals surface area contributed by atoms with E-state index in [0.717, 1.165) is 33.3 Å². The van der Waals surface area contributed by atoms with Gasteiger partial charge >= 0.3 is 0 Å². The highest BCUT2D eigenvalue weighted by Crippen LogP contribution is 2.29. The molecular weight excluding hydrogens is 514 g/mol. The fourth-order valence-electron chi connectivity index (χ4n) is 2.69. The summed E-state index contributed by atoms with van der Waals surface area (Å²) >= 11 is 14.1. The quantitative estimate of drug-likeness (QED) is 0.318. The number of methoxy groups -OCH3 is 1. The molecule has 0 aliphatic heterocycles. The van der Waals surface area contributed by atoms with E-state index < -0.39 is 0 Å². The lowest BCUT2D eigenvalue weighted by molar-refractivity contribution is 0.0949. The van der Waals surface area contributed by atoms with Gasteiger partial charge < -0.3 is 14.5 Å². The number of oxazole rings is 1. The lowest BCUT2D eigenvalue weighted by Crippen LogP contribution is -2.25. The van der Waals surface area contributed by atoms with Gasteiger partial charge in [0.2, 0.25) is 0 Å². The van der Waals surface area contributed by atoms with Gasteiger partial charge in [-0.05, 0) is 71.3 Å². The van der Waals surface area contributed by atoms with Gasteiger partial charge in [-0.15, -0.1) is 0 Å². The van der Waals surface area contributed by atoms with Gasteiger partial charge in [0.05, 0.1) is 20.7 Å². The highest BCUT2D eigenvalue weighted by molar-refractivity contribution is 14.1. The van der Waals surface area contributed by atoms with E-state index in [1.807, 2.05) is 30.3 Å². The Hall–Kier alpha value is -1.77. The Morgan fingerprint density at radius 2 is 2.04 bits per heavy atom. The van der Waals surface area contributed by atoms with Gasteiger partial charge in [-0.1, -0.05) is 29.3 Å². The average Bonchev–Trinajstić information content (AvgIpc) is 3.17. The molecule has 1 aromatic heterocycles. The molecule has 0 radical (unpaired) electrons. The molecule has 1 N–H and O–H groups in total. The van der Waals surface area contributed by atoms with Gasteiger partial charge in [0, 0.05) is 12.1 Å². The summed E-state index contributed by atoms with van der Waals surface area (Å²) in [5, 5.41) is 3.95. The molecule has 0 aliphatic carbocycles. The second-order valence-corrected chi connectivity index (χ2v) is 7.96. The maximum atomic E-state index is 12.5. The molecule has 0 bridgehead atoms. The molecule has 0 saturated carbocycles. The summed E-state index contributed by atoms with van der Waals surface area (Å²) in [5.74, 6) is 0.920. The van der Waals surface area contributed by atoms with Crippen LogP contribution in [0.2, 0.25) is 10.0 Å². The van der Waals surface area contributed by atoms with Crippen molar-refractivity contribution in [1.82, 2.24) is 10.3 Å². The van der Waals surface area contributed by atoms with Gasteiger partial charge in [0.1, 0.15) is 5.75 Å². The van der Waals surface area contributed by atoms with Crippen molar-refractivity contribution in [3.8, 4) is 17.1 Å². The number of rotatable bonds is 7. The van der Waals surface area contributed by atoms with Crippen LogP contribution in [0.3, 0.4) is 0 Å². The molecule has 0 aliphatic rings. The third-order valence-electron chi connectivity index (χ3n) is 4.11. The van der Waals surface area contributed by atoms with E-state index in [4.69, 9.17) is 32.4 Å². The number of carbonyl (C=O) groups excluding carboxylic acids is 1. The number of ether oxygens (including phenoxy) is 1. The molecule has 0 spiro atoms. The molecule has 1 amide bonds. The molecule has 1 heterocycles. The maximum Gasteiger partial charge on any atom is 0.273 e. The van der Waals surface area contributed by atoms with Gasteiger partial charge in [-0.2, -0.15) is 0 Å². The molecule has 3 rings (SSSR count). The molecule has 0 fully saturated rings. The summed E-state index contributed by atoms with van der Waals surface area (Å²) in [5.41, 5.74) is 2.10. The minimum Gasteiger partial charge on any atom is -0.496 e. The molecular formula is C20H17Cl2IN2O3. The summed E-state index contributed by atoms with van der Waals surface area (Å²) < 4.78 is 11.6. The first-order valence-electron chi connectivity index (χ1n) is 8.49. The summed E-state index contributed by atoms with van der Waals surface area (Å²) in [6.07, 6.45) is 2.81. The molecule has 0 atom stereocenters. The highest BCUT2D eigenvalue weighted by Gasteiger charge is 2.18. The van der Waals surface area contributed by atoms with Crippen molar-refractivity contribution in [2.45, 2.75) is 12.8 Å². The van der Waals surface area contributed by atoms with Gasteiger partial charge in [0.15, 0.2) is 17.8 Å². The summed E-state index contributed by atoms with van der Waals surface area (Å²) in [6.45, 7) is 0.505. The lowest BCUT2D eigenvalue weighted by atomic mass is 10.1. The summed E-state index contributed by atoms with van der Waals surface area (Å²) in [7, 11) is 1.61. The topological polar surface area (TPSA) is 64.4 Å². The van der Waals surface area contributed by atoms with Gasteiger partial charge in [0.25, 0.3) is 5.91 Å². The second kappa shape index (κ2) is 9.62. The van der Waals surface area contributed by atoms with Crippen molar-refractivity contribution >= 4 is 51.7 Å². The van der Waals surface area contributed by atoms with Gasteiger partial charge in [-0.25, -0.2) is 4.98 Å². The number of halogens is 3. The standard InChI is InChI=1S/C20H17Cl2IN2O3/c1-27-17-7-5-13(10-16(17)23)19-18(25-11-28-19)20(26)24-8-2-3-12-4-6-14(21)15(22)9-12/h4-7,9-11H,2-3,8H2,1H3,(H,24,26). The number of amides is 1. The molecule has 2 aromatic carbocycles. The monoisotopic (exact) mass is 530 g/mol. The van der Waals surface area contributed by atoms with E-state index in [9.17, 15) is 4.79 Å². The van der Waals surface area contributed by atoms with Crippen LogP contribution in [0.15, 0.2) is 47.2 Å². The number of aromatic nitrogens is 1. The van der Waals surface area contributed by atoms with Crippen molar-refractivity contribution in [3.63, 3.8) is 0 Å². The minimum atomic E-state index is -0.274. The molecule has 0 saturated heterocycles. The Labute approximate surface area is 186 Å². The van der Waals surface area contributed by atoms with Crippen molar-refractivity contribution in [2.75, 3.05) is 13.7 Å². The highest BCUT2D eigenvalue weighted by atomic mass is 127. The second-order valence-electron chi connectivity index (χ2n) is 5.99. The predicted molar refractivity (Wildman–Crippen MR) is 118 cm³/mol. The fraction of sp³-hybridized carbons (Fsp3) is 0.200. The van der Waals surface area contributed by atoms with Gasteiger partial charge in [-0.3, -0.25) is 4.79 Å². The van der Waals surface area contributed by atoms with E-state index in [2.05, 4.69) is 32.9 Å². The van der Waals surface area contributed by atoms with Crippen LogP contribution in [0.25, 0.3) is 11.3 Å². The number of nitrogens with zero attached hydrogens (tertiary/aromatic N) is 1. The first kappa shape index (κ1) is 21.0. The first-order chi connectivity index (χ1) is 13.5. The van der Waals surface area contributed by atoms with Crippen LogP contribution in [0.5, 0.6) is 5.75 Å². The minimum absolute atomic E-state index is 0.260. The molecule has 0 unspecified atom stereocenters. The number of benzene rings is 2. The third-order valence-corrected chi connectivity index (χ3v) is 5.69. The number of aryl methyl sites for hydroxylation is 1. The summed E-state index contributed by atoms with van der Waals surface area (Å²) in [4.78, 5) is 16.6. The van der Waals surface area contributed by atoms with E-state index in [0.29, 0.717) is 22.4 Å². The molecule has 5 nitrogen and oxygen atoms in total. The van der Waals surface area contributed by atoms with Crippen LogP contribution >= 0.6 is 45.8 Å². The Morgan fingerprint density at radius 1 is 1.21 bits per heavy atom. The zero-order valence-corrected chi connectivity index (χ0v) is 18.6. The lowest BCUT2D eigenvalue weighted by Gasteiger charge is -2.07. The number of nitrogens with one attached hydrogen (secondary N) is 1. The Balaban J connectivity index is 1.60. The van der Waals surface area contributed by atoms with E-state index in [-0.39, 0.29) is 11.6 Å². The SMILES string of the molecule is COc1ccc(-c2ocnc2C(=O)NCCCc2ccc(Cl)c(Cl)c2)cc1I. The molecule has 146 valence electrons. The largest absolute Gasteiger partial charge is 0.496 e. The fourth-order valence-corrected chi connectivity index (χ4v) is 3.75. The van der Waals surface area contributed by atoms with Crippen LogP contribution in [-0.4, -0.2) is 24.5 Å². The first-order valence-corrected chi connectivity index (χ1v) is 10.3. The molecule has 3 aromatic rings. The number of hydrogen-bond acceptors (Lipinski definition) is 4. The van der Waals surface area contributed by atoms with Crippen molar-refractivity contribution < 1.29 is 13.9 Å². The zero-order valence-electron chi connectivity index (χ0n) is 15.0. The Kier molecular flexibility index (Phi) is 7.20. The molecule has 8 heteroatoms. The van der Waals surface area contributed by atoms with Crippen LogP contribution < -0.4 is 10.1 Å². The van der Waals surface area contributed by atoms with Crippen LogP contribution in [-0.2, 0) is 6.42 Å². The third kappa shape index (κ3) is 4.98. The maximum absolute atomic E-state index is 12.5. The van der Waals surface area contributed by atoms with Crippen molar-refractivity contribution in [1.29, 1.82) is 0 Å². The van der Waals surface area contributed by atoms with Crippen LogP contribution in [0, 0.1) is 3.57 Å². The number of hydrogen-bond donors (Lipinski definition) is 1. The van der Waals surface area contributed by atoms with Crippen LogP contribution in [0.4, 0.5) is 0 Å². The van der Waals surface area contributed by atoms with E-state index >= 15 is 0 Å². The molecule has 28 heavy (non-hydrogen) atoms. The zero-order chi connectivity index (χ0) is 20.1. The number of carbonyl (C=O) groups is 1. The predicted octanol–water partition coefficient (Wildman–Crippen LogP) is 5.62. The normalized spacial score (nSPS) is 10.7. The van der Waals surface area contributed by atoms with Crippen LogP contribution in [0.1, 0.15) is 22.5 Å². The Morgan fingerprint density at radius 3 is 2.75 bits per heavy atom. The van der Waals surface area contributed by atoms with E-state index in [1.54, 1.807) is 13.2 Å². The smallest absolute Gasteiger partial charge is 0.273 e. The average molecular weight is 531 g/mol.